The summed E-state index contributed by atoms with van der Waals surface area (Å²) in [6.45, 7) is 4.24. The standard InChI is InChI=1S/C20H18N4O3/c1-4-24-17-10-7-14(11-16(17)21-12(2)20(24)25)18-22-19(27-23-18)13-5-8-15(26-3)9-6-13/h5-11H,4H2,1-3H3. The second kappa shape index (κ2) is 6.68. The van der Waals surface area contributed by atoms with E-state index >= 15 is 0 Å². The van der Waals surface area contributed by atoms with Crippen molar-refractivity contribution in [2.45, 2.75) is 20.4 Å². The highest BCUT2D eigenvalue weighted by atomic mass is 16.5. The predicted octanol–water partition coefficient (Wildman–Crippen LogP) is 3.45. The van der Waals surface area contributed by atoms with Crippen LogP contribution in [0, 0.1) is 6.92 Å². The number of rotatable bonds is 4. The van der Waals surface area contributed by atoms with E-state index in [4.69, 9.17) is 9.26 Å². The molecule has 136 valence electrons. The van der Waals surface area contributed by atoms with Gasteiger partial charge in [0.2, 0.25) is 5.82 Å². The maximum Gasteiger partial charge on any atom is 0.272 e. The van der Waals surface area contributed by atoms with Crippen molar-refractivity contribution in [3.05, 3.63) is 58.5 Å². The van der Waals surface area contributed by atoms with Crippen LogP contribution < -0.4 is 10.3 Å². The molecule has 0 aliphatic rings. The Kier molecular flexibility index (Phi) is 4.19. The van der Waals surface area contributed by atoms with E-state index in [1.807, 2.05) is 49.4 Å². The van der Waals surface area contributed by atoms with Crippen molar-refractivity contribution >= 4 is 11.0 Å². The third-order valence-corrected chi connectivity index (χ3v) is 4.45. The molecule has 7 nitrogen and oxygen atoms in total. The quantitative estimate of drug-likeness (QED) is 0.553. The molecule has 0 aliphatic carbocycles. The Morgan fingerprint density at radius 1 is 1.07 bits per heavy atom. The first-order valence-corrected chi connectivity index (χ1v) is 8.60. The van der Waals surface area contributed by atoms with Crippen LogP contribution in [-0.2, 0) is 6.54 Å². The second-order valence-corrected chi connectivity index (χ2v) is 6.10. The highest BCUT2D eigenvalue weighted by molar-refractivity contribution is 5.80. The summed E-state index contributed by atoms with van der Waals surface area (Å²) in [5, 5.41) is 4.08. The van der Waals surface area contributed by atoms with Crippen LogP contribution in [0.2, 0.25) is 0 Å². The maximum atomic E-state index is 12.2. The van der Waals surface area contributed by atoms with Gasteiger partial charge in [0.05, 0.1) is 18.1 Å². The van der Waals surface area contributed by atoms with Crippen LogP contribution in [0.5, 0.6) is 5.75 Å². The summed E-state index contributed by atoms with van der Waals surface area (Å²) in [7, 11) is 1.62. The number of hydrogen-bond donors (Lipinski definition) is 0. The molecule has 0 aliphatic heterocycles. The molecule has 0 N–H and O–H groups in total. The number of aromatic nitrogens is 4. The number of fused-ring (bicyclic) bond motifs is 1. The Labute approximate surface area is 155 Å². The van der Waals surface area contributed by atoms with Gasteiger partial charge in [0.1, 0.15) is 11.4 Å². The summed E-state index contributed by atoms with van der Waals surface area (Å²) >= 11 is 0. The van der Waals surface area contributed by atoms with Gasteiger partial charge in [-0.3, -0.25) is 4.79 Å². The van der Waals surface area contributed by atoms with E-state index in [2.05, 4.69) is 15.1 Å². The van der Waals surface area contributed by atoms with Crippen molar-refractivity contribution in [2.75, 3.05) is 7.11 Å². The number of hydrogen-bond acceptors (Lipinski definition) is 6. The van der Waals surface area contributed by atoms with Crippen LogP contribution in [0.25, 0.3) is 33.9 Å². The molecule has 0 bridgehead atoms. The van der Waals surface area contributed by atoms with Crippen molar-refractivity contribution in [3.63, 3.8) is 0 Å². The van der Waals surface area contributed by atoms with Gasteiger partial charge in [-0.25, -0.2) is 4.98 Å². The zero-order valence-corrected chi connectivity index (χ0v) is 15.3. The topological polar surface area (TPSA) is 83.0 Å². The lowest BCUT2D eigenvalue weighted by Gasteiger charge is -2.09. The van der Waals surface area contributed by atoms with E-state index in [0.717, 1.165) is 27.9 Å². The van der Waals surface area contributed by atoms with Gasteiger partial charge < -0.3 is 13.8 Å². The molecule has 2 aromatic carbocycles. The van der Waals surface area contributed by atoms with E-state index in [0.29, 0.717) is 24.0 Å². The summed E-state index contributed by atoms with van der Waals surface area (Å²) < 4.78 is 12.3. The summed E-state index contributed by atoms with van der Waals surface area (Å²) in [6, 6.07) is 13.0. The van der Waals surface area contributed by atoms with Crippen LogP contribution in [-0.4, -0.2) is 26.8 Å². The van der Waals surface area contributed by atoms with Crippen molar-refractivity contribution in [3.8, 4) is 28.6 Å². The number of benzene rings is 2. The van der Waals surface area contributed by atoms with Gasteiger partial charge in [0.25, 0.3) is 11.4 Å². The normalized spacial score (nSPS) is 11.1. The van der Waals surface area contributed by atoms with Crippen LogP contribution in [0.4, 0.5) is 0 Å². The molecule has 0 spiro atoms. The molecule has 0 radical (unpaired) electrons. The average Bonchev–Trinajstić information content (AvgIpc) is 3.19. The first kappa shape index (κ1) is 17.0. The maximum absolute atomic E-state index is 12.2. The first-order chi connectivity index (χ1) is 13.1. The van der Waals surface area contributed by atoms with Gasteiger partial charge in [-0.2, -0.15) is 4.98 Å². The summed E-state index contributed by atoms with van der Waals surface area (Å²) in [5.74, 6) is 1.66. The molecule has 2 aromatic heterocycles. The molecule has 0 saturated heterocycles. The summed E-state index contributed by atoms with van der Waals surface area (Å²) in [4.78, 5) is 21.1. The van der Waals surface area contributed by atoms with Gasteiger partial charge in [-0.1, -0.05) is 5.16 Å². The number of ether oxygens (including phenoxy) is 1. The van der Waals surface area contributed by atoms with Gasteiger partial charge >= 0.3 is 0 Å². The molecule has 4 aromatic rings. The van der Waals surface area contributed by atoms with Gasteiger partial charge in [0.15, 0.2) is 0 Å². The van der Waals surface area contributed by atoms with E-state index in [-0.39, 0.29) is 5.56 Å². The molecule has 7 heteroatoms. The highest BCUT2D eigenvalue weighted by Gasteiger charge is 2.13. The molecule has 4 rings (SSSR count). The van der Waals surface area contributed by atoms with Crippen LogP contribution in [0.1, 0.15) is 12.6 Å². The molecule has 0 amide bonds. The Morgan fingerprint density at radius 2 is 1.81 bits per heavy atom. The van der Waals surface area contributed by atoms with E-state index in [1.54, 1.807) is 18.6 Å². The third-order valence-electron chi connectivity index (χ3n) is 4.45. The predicted molar refractivity (Wildman–Crippen MR) is 102 cm³/mol. The molecule has 0 saturated carbocycles. The fraction of sp³-hybridized carbons (Fsp3) is 0.200. The lowest BCUT2D eigenvalue weighted by atomic mass is 10.1. The van der Waals surface area contributed by atoms with Gasteiger partial charge in [0, 0.05) is 17.7 Å². The molecule has 27 heavy (non-hydrogen) atoms. The van der Waals surface area contributed by atoms with Crippen LogP contribution >= 0.6 is 0 Å². The Morgan fingerprint density at radius 3 is 2.52 bits per heavy atom. The first-order valence-electron chi connectivity index (χ1n) is 8.60. The number of aryl methyl sites for hydroxylation is 2. The minimum Gasteiger partial charge on any atom is -0.497 e. The molecule has 0 unspecified atom stereocenters. The Balaban J connectivity index is 1.75. The smallest absolute Gasteiger partial charge is 0.272 e. The lowest BCUT2D eigenvalue weighted by Crippen LogP contribution is -2.23. The molecular weight excluding hydrogens is 344 g/mol. The van der Waals surface area contributed by atoms with Crippen LogP contribution in [0.3, 0.4) is 0 Å². The Hall–Kier alpha value is -3.48. The molecular formula is C20H18N4O3. The highest BCUT2D eigenvalue weighted by Crippen LogP contribution is 2.25. The zero-order chi connectivity index (χ0) is 19.0. The minimum absolute atomic E-state index is 0.0703. The number of methoxy groups -OCH3 is 1. The van der Waals surface area contributed by atoms with E-state index in [1.165, 1.54) is 0 Å². The largest absolute Gasteiger partial charge is 0.497 e. The summed E-state index contributed by atoms with van der Waals surface area (Å²) in [6.07, 6.45) is 0. The average molecular weight is 362 g/mol. The molecule has 0 fully saturated rings. The van der Waals surface area contributed by atoms with Gasteiger partial charge in [-0.15, -0.1) is 0 Å². The van der Waals surface area contributed by atoms with Crippen LogP contribution in [0.15, 0.2) is 51.8 Å². The summed E-state index contributed by atoms with van der Waals surface area (Å²) in [5.41, 5.74) is 3.49. The SMILES string of the molecule is CCn1c(=O)c(C)nc2cc(-c3noc(-c4ccc(OC)cc4)n3)ccc21. The fourth-order valence-electron chi connectivity index (χ4n) is 3.02. The lowest BCUT2D eigenvalue weighted by molar-refractivity contribution is 0.414. The van der Waals surface area contributed by atoms with Crippen molar-refractivity contribution < 1.29 is 9.26 Å². The van der Waals surface area contributed by atoms with Crippen molar-refractivity contribution in [1.82, 2.24) is 19.7 Å². The van der Waals surface area contributed by atoms with Crippen molar-refractivity contribution in [2.24, 2.45) is 0 Å². The zero-order valence-electron chi connectivity index (χ0n) is 15.3. The molecule has 2 heterocycles. The third kappa shape index (κ3) is 2.97. The fourth-order valence-corrected chi connectivity index (χ4v) is 3.02. The minimum atomic E-state index is -0.0703. The second-order valence-electron chi connectivity index (χ2n) is 6.10. The number of nitrogens with zero attached hydrogens (tertiary/aromatic N) is 4. The van der Waals surface area contributed by atoms with E-state index < -0.39 is 0 Å². The Bertz CT molecular complexity index is 1180. The monoisotopic (exact) mass is 362 g/mol. The van der Waals surface area contributed by atoms with Gasteiger partial charge in [-0.05, 0) is 56.3 Å². The molecule has 0 atom stereocenters. The van der Waals surface area contributed by atoms with Crippen molar-refractivity contribution in [1.29, 1.82) is 0 Å². The van der Waals surface area contributed by atoms with E-state index in [9.17, 15) is 4.79 Å².